The van der Waals surface area contributed by atoms with Crippen LogP contribution >= 0.6 is 22.9 Å². The van der Waals surface area contributed by atoms with Crippen LogP contribution in [0.4, 0.5) is 0 Å². The SMILES string of the molecule is CCOCCn1c(=NC(=O)c2ccc(OC(C)C)cc2)sc2ccc(Cl)c(C)c21. The molecule has 2 aromatic carbocycles. The van der Waals surface area contributed by atoms with E-state index in [-0.39, 0.29) is 12.0 Å². The zero-order valence-corrected chi connectivity index (χ0v) is 18.6. The minimum Gasteiger partial charge on any atom is -0.491 e. The molecule has 0 aliphatic heterocycles. The Morgan fingerprint density at radius 2 is 1.93 bits per heavy atom. The summed E-state index contributed by atoms with van der Waals surface area (Å²) >= 11 is 7.81. The third-order valence-corrected chi connectivity index (χ3v) is 5.82. The first kappa shape index (κ1) is 21.6. The molecule has 0 radical (unpaired) electrons. The van der Waals surface area contributed by atoms with Crippen molar-refractivity contribution in [2.75, 3.05) is 13.2 Å². The highest BCUT2D eigenvalue weighted by atomic mass is 35.5. The molecule has 0 aliphatic rings. The molecule has 154 valence electrons. The highest BCUT2D eigenvalue weighted by Gasteiger charge is 2.13. The lowest BCUT2D eigenvalue weighted by atomic mass is 10.2. The average Bonchev–Trinajstić information content (AvgIpc) is 3.03. The molecule has 3 aromatic rings. The van der Waals surface area contributed by atoms with Crippen molar-refractivity contribution >= 4 is 39.1 Å². The summed E-state index contributed by atoms with van der Waals surface area (Å²) in [5, 5.41) is 0.694. The summed E-state index contributed by atoms with van der Waals surface area (Å²) in [5.74, 6) is 0.442. The van der Waals surface area contributed by atoms with E-state index in [0.717, 1.165) is 21.5 Å². The highest BCUT2D eigenvalue weighted by molar-refractivity contribution is 7.16. The van der Waals surface area contributed by atoms with Crippen molar-refractivity contribution in [2.24, 2.45) is 4.99 Å². The Morgan fingerprint density at radius 1 is 1.21 bits per heavy atom. The van der Waals surface area contributed by atoms with Crippen LogP contribution in [-0.2, 0) is 11.3 Å². The summed E-state index contributed by atoms with van der Waals surface area (Å²) in [7, 11) is 0. The van der Waals surface area contributed by atoms with Crippen LogP contribution in [0.1, 0.15) is 36.7 Å². The van der Waals surface area contributed by atoms with Crippen LogP contribution in [0.5, 0.6) is 5.75 Å². The number of ether oxygens (including phenoxy) is 2. The van der Waals surface area contributed by atoms with E-state index in [1.54, 1.807) is 24.3 Å². The van der Waals surface area contributed by atoms with Crippen LogP contribution < -0.4 is 9.54 Å². The summed E-state index contributed by atoms with van der Waals surface area (Å²) in [6.45, 7) is 9.64. The van der Waals surface area contributed by atoms with E-state index in [4.69, 9.17) is 21.1 Å². The fourth-order valence-corrected chi connectivity index (χ4v) is 4.27. The summed E-state index contributed by atoms with van der Waals surface area (Å²) in [5.41, 5.74) is 2.49. The number of thiazole rings is 1. The first-order valence-electron chi connectivity index (χ1n) is 9.62. The van der Waals surface area contributed by atoms with Gasteiger partial charge in [-0.15, -0.1) is 0 Å². The monoisotopic (exact) mass is 432 g/mol. The van der Waals surface area contributed by atoms with Gasteiger partial charge in [-0.25, -0.2) is 0 Å². The fourth-order valence-electron chi connectivity index (χ4n) is 3.01. The average molecular weight is 433 g/mol. The minimum absolute atomic E-state index is 0.0825. The maximum absolute atomic E-state index is 12.8. The van der Waals surface area contributed by atoms with Crippen molar-refractivity contribution in [3.8, 4) is 5.75 Å². The second-order valence-electron chi connectivity index (χ2n) is 6.86. The number of carbonyl (C=O) groups excluding carboxylic acids is 1. The number of benzene rings is 2. The maximum Gasteiger partial charge on any atom is 0.279 e. The van der Waals surface area contributed by atoms with Crippen molar-refractivity contribution in [1.29, 1.82) is 0 Å². The third kappa shape index (κ3) is 5.07. The van der Waals surface area contributed by atoms with E-state index in [2.05, 4.69) is 4.99 Å². The minimum atomic E-state index is -0.290. The fraction of sp³-hybridized carbons (Fsp3) is 0.364. The molecule has 0 spiro atoms. The first-order valence-corrected chi connectivity index (χ1v) is 10.8. The van der Waals surface area contributed by atoms with Crippen molar-refractivity contribution in [2.45, 2.75) is 40.3 Å². The van der Waals surface area contributed by atoms with Gasteiger partial charge in [-0.05, 0) is 69.7 Å². The predicted octanol–water partition coefficient (Wildman–Crippen LogP) is 5.23. The lowest BCUT2D eigenvalue weighted by molar-refractivity contribution is 0.0996. The van der Waals surface area contributed by atoms with Gasteiger partial charge in [0.2, 0.25) is 0 Å². The van der Waals surface area contributed by atoms with E-state index in [1.165, 1.54) is 11.3 Å². The first-order chi connectivity index (χ1) is 13.9. The largest absolute Gasteiger partial charge is 0.491 e. The Labute approximate surface area is 179 Å². The molecule has 3 rings (SSSR count). The normalized spacial score (nSPS) is 12.1. The summed E-state index contributed by atoms with van der Waals surface area (Å²) in [4.78, 5) is 17.8. The molecule has 1 aromatic heterocycles. The second kappa shape index (κ2) is 9.57. The number of nitrogens with zero attached hydrogens (tertiary/aromatic N) is 2. The molecular formula is C22H25ClN2O3S. The molecule has 0 fully saturated rings. The lowest BCUT2D eigenvalue weighted by Crippen LogP contribution is -2.20. The Bertz CT molecular complexity index is 1070. The van der Waals surface area contributed by atoms with Crippen LogP contribution in [0, 0.1) is 6.92 Å². The lowest BCUT2D eigenvalue weighted by Gasteiger charge is -2.09. The predicted molar refractivity (Wildman–Crippen MR) is 118 cm³/mol. The van der Waals surface area contributed by atoms with Gasteiger partial charge >= 0.3 is 0 Å². The highest BCUT2D eigenvalue weighted by Crippen LogP contribution is 2.27. The molecule has 0 saturated heterocycles. The molecule has 29 heavy (non-hydrogen) atoms. The zero-order chi connectivity index (χ0) is 21.0. The molecule has 0 bridgehead atoms. The number of aryl methyl sites for hydroxylation is 1. The molecule has 5 nitrogen and oxygen atoms in total. The standard InChI is InChI=1S/C22H25ClN2O3S/c1-5-27-13-12-25-20-15(4)18(23)10-11-19(20)29-22(25)24-21(26)16-6-8-17(9-7-16)28-14(2)3/h6-11,14H,5,12-13H2,1-4H3. The van der Waals surface area contributed by atoms with Gasteiger partial charge in [0.15, 0.2) is 4.80 Å². The number of hydrogen-bond acceptors (Lipinski definition) is 4. The third-order valence-electron chi connectivity index (χ3n) is 4.36. The van der Waals surface area contributed by atoms with Crippen molar-refractivity contribution < 1.29 is 14.3 Å². The number of rotatable bonds is 7. The van der Waals surface area contributed by atoms with Gasteiger partial charge in [-0.3, -0.25) is 4.79 Å². The Kier molecular flexibility index (Phi) is 7.11. The molecule has 7 heteroatoms. The van der Waals surface area contributed by atoms with Crippen molar-refractivity contribution in [1.82, 2.24) is 4.57 Å². The van der Waals surface area contributed by atoms with Gasteiger partial charge in [-0.1, -0.05) is 22.9 Å². The van der Waals surface area contributed by atoms with Crippen LogP contribution in [0.15, 0.2) is 41.4 Å². The second-order valence-corrected chi connectivity index (χ2v) is 8.28. The number of halogens is 1. The van der Waals surface area contributed by atoms with Gasteiger partial charge in [0.1, 0.15) is 5.75 Å². The maximum atomic E-state index is 12.8. The zero-order valence-electron chi connectivity index (χ0n) is 17.1. The number of hydrogen-bond donors (Lipinski definition) is 0. The molecule has 0 atom stereocenters. The summed E-state index contributed by atoms with van der Waals surface area (Å²) in [6.07, 6.45) is 0.0825. The van der Waals surface area contributed by atoms with Crippen LogP contribution in [0.3, 0.4) is 0 Å². The number of fused-ring (bicyclic) bond motifs is 1. The van der Waals surface area contributed by atoms with E-state index >= 15 is 0 Å². The van der Waals surface area contributed by atoms with Crippen LogP contribution in [0.25, 0.3) is 10.2 Å². The molecule has 1 amide bonds. The molecule has 0 aliphatic carbocycles. The van der Waals surface area contributed by atoms with Crippen molar-refractivity contribution in [3.05, 3.63) is 57.3 Å². The smallest absolute Gasteiger partial charge is 0.279 e. The summed E-state index contributed by atoms with van der Waals surface area (Å²) in [6, 6.07) is 10.9. The molecule has 0 saturated carbocycles. The number of amides is 1. The Hall–Kier alpha value is -2.15. The van der Waals surface area contributed by atoms with Gasteiger partial charge in [-0.2, -0.15) is 4.99 Å². The molecular weight excluding hydrogens is 408 g/mol. The topological polar surface area (TPSA) is 52.8 Å². The quantitative estimate of drug-likeness (QED) is 0.480. The van der Waals surface area contributed by atoms with E-state index < -0.39 is 0 Å². The van der Waals surface area contributed by atoms with Gasteiger partial charge in [0.25, 0.3) is 5.91 Å². The Balaban J connectivity index is 2.00. The summed E-state index contributed by atoms with van der Waals surface area (Å²) < 4.78 is 14.2. The van der Waals surface area contributed by atoms with E-state index in [0.29, 0.717) is 35.1 Å². The molecule has 0 N–H and O–H groups in total. The van der Waals surface area contributed by atoms with Gasteiger partial charge in [0.05, 0.1) is 22.9 Å². The molecule has 1 heterocycles. The molecule has 0 unspecified atom stereocenters. The van der Waals surface area contributed by atoms with Gasteiger partial charge < -0.3 is 14.0 Å². The van der Waals surface area contributed by atoms with Crippen molar-refractivity contribution in [3.63, 3.8) is 0 Å². The van der Waals surface area contributed by atoms with E-state index in [1.807, 2.05) is 44.4 Å². The Morgan fingerprint density at radius 3 is 2.59 bits per heavy atom. The number of carbonyl (C=O) groups is 1. The van der Waals surface area contributed by atoms with Crippen LogP contribution in [-0.4, -0.2) is 29.8 Å². The number of aromatic nitrogens is 1. The van der Waals surface area contributed by atoms with E-state index in [9.17, 15) is 4.79 Å². The van der Waals surface area contributed by atoms with Crippen LogP contribution in [0.2, 0.25) is 5.02 Å². The van der Waals surface area contributed by atoms with Gasteiger partial charge in [0, 0.05) is 23.7 Å².